The van der Waals surface area contributed by atoms with E-state index < -0.39 is 6.04 Å². The van der Waals surface area contributed by atoms with Gasteiger partial charge in [0.05, 0.1) is 6.04 Å². The Bertz CT molecular complexity index is 404. The van der Waals surface area contributed by atoms with Gasteiger partial charge in [-0.15, -0.1) is 12.4 Å². The van der Waals surface area contributed by atoms with Crippen LogP contribution in [0.4, 0.5) is 0 Å². The van der Waals surface area contributed by atoms with E-state index in [1.165, 1.54) is 0 Å². The second kappa shape index (κ2) is 7.12. The molecule has 0 heterocycles. The lowest BCUT2D eigenvalue weighted by molar-refractivity contribution is -0.124. The summed E-state index contributed by atoms with van der Waals surface area (Å²) in [6, 6.07) is 7.34. The molecule has 1 aromatic rings. The summed E-state index contributed by atoms with van der Waals surface area (Å²) in [4.78, 5) is 11.8. The monoisotopic (exact) mass is 334 g/mol. The maximum Gasteiger partial charge on any atom is 0.237 e. The van der Waals surface area contributed by atoms with Crippen LogP contribution in [0.25, 0.3) is 0 Å². The standard InChI is InChI=1S/C13H19BrN2O.ClH/c1-13(2,3)11(15)12(17)16-8-9-5-4-6-10(14)7-9;/h4-7,11H,8,15H2,1-3H3,(H,16,17);1H/t11-;/m1./s1. The van der Waals surface area contributed by atoms with Crippen LogP contribution in [0.5, 0.6) is 0 Å². The first kappa shape index (κ1) is 17.4. The highest BCUT2D eigenvalue weighted by atomic mass is 79.9. The minimum absolute atomic E-state index is 0. The highest BCUT2D eigenvalue weighted by Gasteiger charge is 2.26. The molecule has 0 spiro atoms. The molecule has 1 amide bonds. The molecular formula is C13H20BrClN2O. The maximum absolute atomic E-state index is 11.8. The molecule has 0 aromatic heterocycles. The Balaban J connectivity index is 0.00000289. The quantitative estimate of drug-likeness (QED) is 0.892. The number of halogens is 2. The molecule has 0 unspecified atom stereocenters. The minimum atomic E-state index is -0.491. The highest BCUT2D eigenvalue weighted by Crippen LogP contribution is 2.17. The van der Waals surface area contributed by atoms with Gasteiger partial charge in [0.15, 0.2) is 0 Å². The molecule has 0 saturated heterocycles. The van der Waals surface area contributed by atoms with Crippen molar-refractivity contribution in [3.63, 3.8) is 0 Å². The molecule has 0 radical (unpaired) electrons. The molecule has 1 rings (SSSR count). The van der Waals surface area contributed by atoms with Crippen LogP contribution >= 0.6 is 28.3 Å². The lowest BCUT2D eigenvalue weighted by Crippen LogP contribution is -2.48. The summed E-state index contributed by atoms with van der Waals surface area (Å²) >= 11 is 3.39. The molecule has 3 nitrogen and oxygen atoms in total. The smallest absolute Gasteiger partial charge is 0.237 e. The number of amides is 1. The van der Waals surface area contributed by atoms with Crippen LogP contribution in [0.1, 0.15) is 26.3 Å². The summed E-state index contributed by atoms with van der Waals surface area (Å²) in [6.07, 6.45) is 0. The van der Waals surface area contributed by atoms with Gasteiger partial charge in [0.25, 0.3) is 0 Å². The fourth-order valence-corrected chi connectivity index (χ4v) is 1.79. The van der Waals surface area contributed by atoms with Crippen LogP contribution in [0.3, 0.4) is 0 Å². The average molecular weight is 336 g/mol. The van der Waals surface area contributed by atoms with E-state index in [9.17, 15) is 4.79 Å². The average Bonchev–Trinajstić information content (AvgIpc) is 2.23. The van der Waals surface area contributed by atoms with Crippen molar-refractivity contribution < 1.29 is 4.79 Å². The molecule has 0 aliphatic carbocycles. The maximum atomic E-state index is 11.8. The molecule has 102 valence electrons. The number of hydrogen-bond donors (Lipinski definition) is 2. The summed E-state index contributed by atoms with van der Waals surface area (Å²) in [6.45, 7) is 6.37. The van der Waals surface area contributed by atoms with E-state index in [2.05, 4.69) is 21.2 Å². The number of nitrogens with one attached hydrogen (secondary N) is 1. The summed E-state index contributed by atoms with van der Waals surface area (Å²) in [5.41, 5.74) is 6.70. The molecule has 1 atom stereocenters. The van der Waals surface area contributed by atoms with E-state index in [4.69, 9.17) is 5.73 Å². The van der Waals surface area contributed by atoms with E-state index in [0.717, 1.165) is 10.0 Å². The van der Waals surface area contributed by atoms with Crippen molar-refractivity contribution in [1.82, 2.24) is 5.32 Å². The SMILES string of the molecule is CC(C)(C)[C@H](N)C(=O)NCc1cccc(Br)c1.Cl. The van der Waals surface area contributed by atoms with Gasteiger partial charge in [-0.3, -0.25) is 4.79 Å². The minimum Gasteiger partial charge on any atom is -0.351 e. The van der Waals surface area contributed by atoms with Crippen molar-refractivity contribution in [2.24, 2.45) is 11.1 Å². The van der Waals surface area contributed by atoms with Gasteiger partial charge < -0.3 is 11.1 Å². The van der Waals surface area contributed by atoms with Gasteiger partial charge in [0, 0.05) is 11.0 Å². The number of nitrogens with two attached hydrogens (primary N) is 1. The van der Waals surface area contributed by atoms with Gasteiger partial charge in [-0.2, -0.15) is 0 Å². The van der Waals surface area contributed by atoms with Crippen LogP contribution in [0.2, 0.25) is 0 Å². The number of rotatable bonds is 3. The lowest BCUT2D eigenvalue weighted by Gasteiger charge is -2.25. The summed E-state index contributed by atoms with van der Waals surface area (Å²) in [5, 5.41) is 2.85. The van der Waals surface area contributed by atoms with E-state index in [1.807, 2.05) is 45.0 Å². The molecular weight excluding hydrogens is 316 g/mol. The predicted molar refractivity (Wildman–Crippen MR) is 80.7 cm³/mol. The third-order valence-corrected chi connectivity index (χ3v) is 3.06. The van der Waals surface area contributed by atoms with Crippen LogP contribution in [-0.2, 0) is 11.3 Å². The molecule has 0 aliphatic heterocycles. The Labute approximate surface area is 123 Å². The van der Waals surface area contributed by atoms with Crippen molar-refractivity contribution in [1.29, 1.82) is 0 Å². The molecule has 0 fully saturated rings. The van der Waals surface area contributed by atoms with Crippen molar-refractivity contribution >= 4 is 34.2 Å². The van der Waals surface area contributed by atoms with Crippen LogP contribution in [0.15, 0.2) is 28.7 Å². The molecule has 0 aliphatic rings. The number of carbonyl (C=O) groups excluding carboxylic acids is 1. The van der Waals surface area contributed by atoms with Crippen molar-refractivity contribution in [3.05, 3.63) is 34.3 Å². The second-order valence-corrected chi connectivity index (χ2v) is 6.11. The molecule has 0 saturated carbocycles. The Morgan fingerprint density at radius 2 is 2.06 bits per heavy atom. The van der Waals surface area contributed by atoms with Gasteiger partial charge in [0.2, 0.25) is 5.91 Å². The lowest BCUT2D eigenvalue weighted by atomic mass is 9.87. The topological polar surface area (TPSA) is 55.1 Å². The normalized spacial score (nSPS) is 12.5. The zero-order valence-corrected chi connectivity index (χ0v) is 13.3. The number of benzene rings is 1. The third-order valence-electron chi connectivity index (χ3n) is 2.57. The molecule has 18 heavy (non-hydrogen) atoms. The summed E-state index contributed by atoms with van der Waals surface area (Å²) < 4.78 is 1.00. The fraction of sp³-hybridized carbons (Fsp3) is 0.462. The first-order valence-corrected chi connectivity index (χ1v) is 6.38. The fourth-order valence-electron chi connectivity index (χ4n) is 1.34. The summed E-state index contributed by atoms with van der Waals surface area (Å²) in [5.74, 6) is -0.113. The van der Waals surface area contributed by atoms with Gasteiger partial charge in [-0.05, 0) is 23.1 Å². The Morgan fingerprint density at radius 1 is 1.44 bits per heavy atom. The van der Waals surface area contributed by atoms with E-state index in [-0.39, 0.29) is 23.7 Å². The van der Waals surface area contributed by atoms with E-state index in [1.54, 1.807) is 0 Å². The van der Waals surface area contributed by atoms with Crippen LogP contribution < -0.4 is 11.1 Å². The molecule has 1 aromatic carbocycles. The third kappa shape index (κ3) is 5.38. The van der Waals surface area contributed by atoms with E-state index >= 15 is 0 Å². The summed E-state index contributed by atoms with van der Waals surface area (Å²) in [7, 11) is 0. The number of hydrogen-bond acceptors (Lipinski definition) is 2. The highest BCUT2D eigenvalue weighted by molar-refractivity contribution is 9.10. The second-order valence-electron chi connectivity index (χ2n) is 5.19. The molecule has 3 N–H and O–H groups in total. The van der Waals surface area contributed by atoms with Gasteiger partial charge in [-0.25, -0.2) is 0 Å². The van der Waals surface area contributed by atoms with Crippen LogP contribution in [0, 0.1) is 5.41 Å². The van der Waals surface area contributed by atoms with E-state index in [0.29, 0.717) is 6.54 Å². The predicted octanol–water partition coefficient (Wildman–Crippen LogP) is 2.86. The first-order chi connectivity index (χ1) is 7.80. The zero-order chi connectivity index (χ0) is 13.1. The largest absolute Gasteiger partial charge is 0.351 e. The van der Waals surface area contributed by atoms with Crippen molar-refractivity contribution in [2.75, 3.05) is 0 Å². The van der Waals surface area contributed by atoms with Crippen LogP contribution in [-0.4, -0.2) is 11.9 Å². The Kier molecular flexibility index (Phi) is 6.89. The molecule has 0 bridgehead atoms. The van der Waals surface area contributed by atoms with Gasteiger partial charge in [-0.1, -0.05) is 48.8 Å². The van der Waals surface area contributed by atoms with Crippen molar-refractivity contribution in [3.8, 4) is 0 Å². The van der Waals surface area contributed by atoms with Crippen molar-refractivity contribution in [2.45, 2.75) is 33.4 Å². The first-order valence-electron chi connectivity index (χ1n) is 5.58. The Morgan fingerprint density at radius 3 is 2.56 bits per heavy atom. The zero-order valence-electron chi connectivity index (χ0n) is 10.9. The number of carbonyl (C=O) groups is 1. The Hall–Kier alpha value is -0.580. The molecule has 5 heteroatoms. The van der Waals surface area contributed by atoms with Gasteiger partial charge in [0.1, 0.15) is 0 Å². The van der Waals surface area contributed by atoms with Gasteiger partial charge >= 0.3 is 0 Å².